The van der Waals surface area contributed by atoms with Crippen molar-refractivity contribution in [2.45, 2.75) is 12.5 Å². The molecule has 3 aliphatic rings. The zero-order valence-corrected chi connectivity index (χ0v) is 6.48. The van der Waals surface area contributed by atoms with Crippen molar-refractivity contribution < 1.29 is 0 Å². The third-order valence-corrected chi connectivity index (χ3v) is 3.58. The Kier molecular flexibility index (Phi) is 0.972. The van der Waals surface area contributed by atoms with Crippen LogP contribution in [0.1, 0.15) is 6.42 Å². The van der Waals surface area contributed by atoms with Gasteiger partial charge in [-0.15, -0.1) is 0 Å². The van der Waals surface area contributed by atoms with E-state index in [1.165, 1.54) is 6.42 Å². The van der Waals surface area contributed by atoms with Gasteiger partial charge in [0, 0.05) is 6.04 Å². The first-order valence-corrected chi connectivity index (χ1v) is 4.48. The first kappa shape index (κ1) is 6.01. The molecule has 1 heteroatoms. The second kappa shape index (κ2) is 1.78. The summed E-state index contributed by atoms with van der Waals surface area (Å²) in [6.07, 6.45) is 10.4. The van der Waals surface area contributed by atoms with Gasteiger partial charge in [0.2, 0.25) is 0 Å². The average molecular weight is 147 g/mol. The maximum atomic E-state index is 5.92. The summed E-state index contributed by atoms with van der Waals surface area (Å²) in [5.74, 6) is 3.31. The average Bonchev–Trinajstić information content (AvgIpc) is 2.55. The fourth-order valence-corrected chi connectivity index (χ4v) is 2.92. The molecule has 0 aromatic carbocycles. The number of hydrogen-bond acceptors (Lipinski definition) is 1. The molecular weight excluding hydrogens is 134 g/mol. The minimum Gasteiger partial charge on any atom is -0.327 e. The van der Waals surface area contributed by atoms with E-state index in [-0.39, 0.29) is 0 Å². The standard InChI is InChI=1S/C10H13N/c11-10-8-5-6-3-1-2-4-7(6)9(8)10/h1-4,6-10H,5,11H2. The highest BCUT2D eigenvalue weighted by Gasteiger charge is 2.58. The van der Waals surface area contributed by atoms with Gasteiger partial charge in [-0.05, 0) is 30.1 Å². The van der Waals surface area contributed by atoms with Crippen LogP contribution in [0.2, 0.25) is 0 Å². The van der Waals surface area contributed by atoms with E-state index in [9.17, 15) is 0 Å². The minimum atomic E-state index is 0.535. The van der Waals surface area contributed by atoms with Gasteiger partial charge in [-0.2, -0.15) is 0 Å². The highest BCUT2D eigenvalue weighted by atomic mass is 14.8. The highest BCUT2D eigenvalue weighted by molar-refractivity contribution is 5.25. The van der Waals surface area contributed by atoms with E-state index in [0.29, 0.717) is 6.04 Å². The summed E-state index contributed by atoms with van der Waals surface area (Å²) in [5.41, 5.74) is 5.92. The Morgan fingerprint density at radius 3 is 2.91 bits per heavy atom. The molecule has 3 rings (SSSR count). The van der Waals surface area contributed by atoms with E-state index in [2.05, 4.69) is 24.3 Å². The number of rotatable bonds is 0. The van der Waals surface area contributed by atoms with E-state index in [1.54, 1.807) is 0 Å². The molecule has 11 heavy (non-hydrogen) atoms. The van der Waals surface area contributed by atoms with Gasteiger partial charge in [0.15, 0.2) is 0 Å². The zero-order chi connectivity index (χ0) is 7.42. The van der Waals surface area contributed by atoms with Gasteiger partial charge in [-0.1, -0.05) is 24.3 Å². The first-order valence-electron chi connectivity index (χ1n) is 4.48. The van der Waals surface area contributed by atoms with E-state index in [4.69, 9.17) is 5.73 Å². The maximum absolute atomic E-state index is 5.92. The van der Waals surface area contributed by atoms with Gasteiger partial charge in [0.1, 0.15) is 0 Å². The number of hydrogen-bond donors (Lipinski definition) is 1. The zero-order valence-electron chi connectivity index (χ0n) is 6.48. The molecule has 3 aliphatic carbocycles. The lowest BCUT2D eigenvalue weighted by molar-refractivity contribution is 0.455. The Labute approximate surface area is 67.0 Å². The van der Waals surface area contributed by atoms with Crippen LogP contribution < -0.4 is 5.73 Å². The number of fused-ring (bicyclic) bond motifs is 3. The van der Waals surface area contributed by atoms with E-state index >= 15 is 0 Å². The van der Waals surface area contributed by atoms with Crippen molar-refractivity contribution in [3.05, 3.63) is 24.3 Å². The van der Waals surface area contributed by atoms with Crippen LogP contribution in [0, 0.1) is 23.7 Å². The Hall–Kier alpha value is -0.560. The highest BCUT2D eigenvalue weighted by Crippen LogP contribution is 2.58. The third kappa shape index (κ3) is 0.646. The molecule has 5 atom stereocenters. The summed E-state index contributed by atoms with van der Waals surface area (Å²) < 4.78 is 0. The Morgan fingerprint density at radius 2 is 2.00 bits per heavy atom. The van der Waals surface area contributed by atoms with Crippen LogP contribution in [0.15, 0.2) is 24.3 Å². The lowest BCUT2D eigenvalue weighted by atomic mass is 9.87. The molecule has 0 saturated heterocycles. The van der Waals surface area contributed by atoms with Crippen LogP contribution in [0.5, 0.6) is 0 Å². The summed E-state index contributed by atoms with van der Waals surface area (Å²) in [5, 5.41) is 0. The van der Waals surface area contributed by atoms with Crippen molar-refractivity contribution in [1.29, 1.82) is 0 Å². The second-order valence-corrected chi connectivity index (χ2v) is 4.07. The number of nitrogens with two attached hydrogens (primary N) is 1. The molecule has 2 saturated carbocycles. The Morgan fingerprint density at radius 1 is 1.18 bits per heavy atom. The van der Waals surface area contributed by atoms with Gasteiger partial charge >= 0.3 is 0 Å². The number of allylic oxidation sites excluding steroid dienone is 4. The quantitative estimate of drug-likeness (QED) is 0.549. The monoisotopic (exact) mass is 147 g/mol. The van der Waals surface area contributed by atoms with Gasteiger partial charge in [0.05, 0.1) is 0 Å². The van der Waals surface area contributed by atoms with Gasteiger partial charge in [-0.25, -0.2) is 0 Å². The molecule has 0 heterocycles. The maximum Gasteiger partial charge on any atom is 0.0108 e. The molecule has 5 unspecified atom stereocenters. The SMILES string of the molecule is NC1C2CC3C=CC=CC3C12. The molecule has 2 fully saturated rings. The van der Waals surface area contributed by atoms with Crippen molar-refractivity contribution >= 4 is 0 Å². The molecule has 2 N–H and O–H groups in total. The third-order valence-electron chi connectivity index (χ3n) is 3.58. The molecule has 0 bridgehead atoms. The fourth-order valence-electron chi connectivity index (χ4n) is 2.92. The molecule has 0 spiro atoms. The molecular formula is C10H13N. The molecule has 58 valence electrons. The van der Waals surface area contributed by atoms with E-state index in [0.717, 1.165) is 23.7 Å². The summed E-state index contributed by atoms with van der Waals surface area (Å²) in [6, 6.07) is 0.535. The van der Waals surface area contributed by atoms with E-state index < -0.39 is 0 Å². The predicted molar refractivity (Wildman–Crippen MR) is 44.8 cm³/mol. The molecule has 0 amide bonds. The van der Waals surface area contributed by atoms with Crippen molar-refractivity contribution in [2.24, 2.45) is 29.4 Å². The largest absolute Gasteiger partial charge is 0.327 e. The fraction of sp³-hybridized carbons (Fsp3) is 0.600. The Balaban J connectivity index is 1.90. The normalized spacial score (nSPS) is 57.4. The second-order valence-electron chi connectivity index (χ2n) is 4.07. The van der Waals surface area contributed by atoms with E-state index in [1.807, 2.05) is 0 Å². The molecule has 0 aromatic heterocycles. The van der Waals surface area contributed by atoms with Crippen molar-refractivity contribution in [3.8, 4) is 0 Å². The summed E-state index contributed by atoms with van der Waals surface area (Å²) >= 11 is 0. The molecule has 0 aromatic rings. The lowest BCUT2D eigenvalue weighted by Crippen LogP contribution is -2.18. The predicted octanol–water partition coefficient (Wildman–Crippen LogP) is 1.32. The summed E-state index contributed by atoms with van der Waals surface area (Å²) in [4.78, 5) is 0. The first-order chi connectivity index (χ1) is 5.38. The summed E-state index contributed by atoms with van der Waals surface area (Å²) in [7, 11) is 0. The minimum absolute atomic E-state index is 0.535. The van der Waals surface area contributed by atoms with Crippen LogP contribution in [0.25, 0.3) is 0 Å². The van der Waals surface area contributed by atoms with Crippen molar-refractivity contribution in [3.63, 3.8) is 0 Å². The molecule has 1 nitrogen and oxygen atoms in total. The van der Waals surface area contributed by atoms with Crippen LogP contribution in [0.4, 0.5) is 0 Å². The summed E-state index contributed by atoms with van der Waals surface area (Å²) in [6.45, 7) is 0. The van der Waals surface area contributed by atoms with Crippen LogP contribution in [0.3, 0.4) is 0 Å². The van der Waals surface area contributed by atoms with Crippen molar-refractivity contribution in [2.75, 3.05) is 0 Å². The van der Waals surface area contributed by atoms with Crippen LogP contribution in [-0.4, -0.2) is 6.04 Å². The topological polar surface area (TPSA) is 26.0 Å². The lowest BCUT2D eigenvalue weighted by Gasteiger charge is -2.19. The molecule has 0 radical (unpaired) electrons. The van der Waals surface area contributed by atoms with Crippen LogP contribution >= 0.6 is 0 Å². The van der Waals surface area contributed by atoms with Crippen molar-refractivity contribution in [1.82, 2.24) is 0 Å². The molecule has 0 aliphatic heterocycles. The van der Waals surface area contributed by atoms with Gasteiger partial charge in [0.25, 0.3) is 0 Å². The van der Waals surface area contributed by atoms with Gasteiger partial charge < -0.3 is 5.73 Å². The van der Waals surface area contributed by atoms with Gasteiger partial charge in [-0.3, -0.25) is 0 Å². The van der Waals surface area contributed by atoms with Crippen LogP contribution in [-0.2, 0) is 0 Å². The Bertz CT molecular complexity index is 241. The smallest absolute Gasteiger partial charge is 0.0108 e.